The van der Waals surface area contributed by atoms with Crippen molar-refractivity contribution in [2.75, 3.05) is 5.32 Å². The highest BCUT2D eigenvalue weighted by molar-refractivity contribution is 7.89. The summed E-state index contributed by atoms with van der Waals surface area (Å²) in [6.45, 7) is 0. The highest BCUT2D eigenvalue weighted by atomic mass is 32.2. The van der Waals surface area contributed by atoms with E-state index in [1.54, 1.807) is 0 Å². The minimum Gasteiger partial charge on any atom is -0.322 e. The molecule has 2 rings (SSSR count). The van der Waals surface area contributed by atoms with E-state index in [0.29, 0.717) is 0 Å². The highest BCUT2D eigenvalue weighted by Gasteiger charge is 2.30. The van der Waals surface area contributed by atoms with Gasteiger partial charge in [-0.25, -0.2) is 18.5 Å². The Morgan fingerprint density at radius 2 is 1.74 bits per heavy atom. The zero-order valence-corrected chi connectivity index (χ0v) is 12.1. The van der Waals surface area contributed by atoms with Gasteiger partial charge in [-0.2, -0.15) is 13.2 Å². The van der Waals surface area contributed by atoms with E-state index in [0.717, 1.165) is 36.5 Å². The van der Waals surface area contributed by atoms with Crippen molar-refractivity contribution < 1.29 is 26.4 Å². The number of primary sulfonamides is 1. The second-order valence-corrected chi connectivity index (χ2v) is 5.97. The molecular weight excluding hydrogens is 335 g/mol. The number of carbonyl (C=O) groups excluding carboxylic acids is 1. The number of hydrogen-bond acceptors (Lipinski definition) is 4. The molecule has 0 bridgehead atoms. The van der Waals surface area contributed by atoms with Gasteiger partial charge in [-0.15, -0.1) is 0 Å². The summed E-state index contributed by atoms with van der Waals surface area (Å²) in [7, 11) is -4.04. The topological polar surface area (TPSA) is 102 Å². The average Bonchev–Trinajstić information content (AvgIpc) is 2.46. The van der Waals surface area contributed by atoms with Crippen molar-refractivity contribution in [2.24, 2.45) is 5.14 Å². The number of anilines is 1. The Labute approximate surface area is 129 Å². The van der Waals surface area contributed by atoms with Crippen LogP contribution in [0.5, 0.6) is 0 Å². The largest absolute Gasteiger partial charge is 0.416 e. The molecule has 1 aromatic carbocycles. The van der Waals surface area contributed by atoms with Gasteiger partial charge in [0.25, 0.3) is 15.9 Å². The van der Waals surface area contributed by atoms with Gasteiger partial charge in [0.1, 0.15) is 0 Å². The minimum absolute atomic E-state index is 0.0213. The van der Waals surface area contributed by atoms with Gasteiger partial charge >= 0.3 is 6.18 Å². The molecule has 2 aromatic rings. The lowest BCUT2D eigenvalue weighted by atomic mass is 10.1. The van der Waals surface area contributed by atoms with Crippen molar-refractivity contribution in [3.05, 3.63) is 53.7 Å². The molecule has 1 heterocycles. The number of rotatable bonds is 3. The van der Waals surface area contributed by atoms with Crippen LogP contribution in [0.4, 0.5) is 18.9 Å². The summed E-state index contributed by atoms with van der Waals surface area (Å²) in [5.74, 6) is -0.703. The summed E-state index contributed by atoms with van der Waals surface area (Å²) in [6, 6.07) is 5.93. The van der Waals surface area contributed by atoms with Crippen LogP contribution < -0.4 is 10.5 Å². The van der Waals surface area contributed by atoms with Crippen molar-refractivity contribution in [1.29, 1.82) is 0 Å². The van der Waals surface area contributed by atoms with Crippen molar-refractivity contribution >= 4 is 21.6 Å². The third kappa shape index (κ3) is 4.27. The molecule has 0 aliphatic rings. The second kappa shape index (κ2) is 5.97. The molecule has 0 aliphatic carbocycles. The fourth-order valence-corrected chi connectivity index (χ4v) is 2.16. The Kier molecular flexibility index (Phi) is 4.39. The Morgan fingerprint density at radius 1 is 1.13 bits per heavy atom. The van der Waals surface area contributed by atoms with Crippen LogP contribution in [0.1, 0.15) is 15.9 Å². The maximum Gasteiger partial charge on any atom is 0.416 e. The van der Waals surface area contributed by atoms with Gasteiger partial charge in [-0.05, 0) is 30.3 Å². The third-order valence-corrected chi connectivity index (χ3v) is 3.56. The van der Waals surface area contributed by atoms with E-state index in [1.807, 2.05) is 0 Å². The summed E-state index contributed by atoms with van der Waals surface area (Å²) in [5.41, 5.74) is -0.810. The minimum atomic E-state index is -4.50. The molecule has 0 spiro atoms. The maximum atomic E-state index is 12.4. The van der Waals surface area contributed by atoms with Crippen LogP contribution in [0.3, 0.4) is 0 Å². The number of pyridine rings is 1. The maximum absolute atomic E-state index is 12.4. The van der Waals surface area contributed by atoms with E-state index >= 15 is 0 Å². The quantitative estimate of drug-likeness (QED) is 0.888. The number of nitrogens with two attached hydrogens (primary N) is 1. The van der Waals surface area contributed by atoms with Gasteiger partial charge in [0.05, 0.1) is 5.56 Å². The van der Waals surface area contributed by atoms with Crippen LogP contribution in [-0.4, -0.2) is 19.3 Å². The first-order valence-corrected chi connectivity index (χ1v) is 7.59. The molecule has 0 saturated heterocycles. The van der Waals surface area contributed by atoms with E-state index in [2.05, 4.69) is 10.3 Å². The van der Waals surface area contributed by atoms with Gasteiger partial charge in [-0.1, -0.05) is 0 Å². The molecule has 122 valence electrons. The smallest absolute Gasteiger partial charge is 0.322 e. The van der Waals surface area contributed by atoms with Crippen LogP contribution in [0.25, 0.3) is 0 Å². The molecule has 1 amide bonds. The third-order valence-electron chi connectivity index (χ3n) is 2.76. The van der Waals surface area contributed by atoms with Gasteiger partial charge in [0, 0.05) is 23.5 Å². The van der Waals surface area contributed by atoms with Crippen molar-refractivity contribution in [2.45, 2.75) is 11.2 Å². The van der Waals surface area contributed by atoms with Gasteiger partial charge in [0.15, 0.2) is 5.03 Å². The Balaban J connectivity index is 2.20. The van der Waals surface area contributed by atoms with E-state index < -0.39 is 32.7 Å². The zero-order valence-electron chi connectivity index (χ0n) is 11.3. The molecular formula is C13H10F3N3O3S. The lowest BCUT2D eigenvalue weighted by Crippen LogP contribution is -2.16. The summed E-state index contributed by atoms with van der Waals surface area (Å²) >= 11 is 0. The molecule has 0 radical (unpaired) electrons. The Hall–Kier alpha value is -2.46. The van der Waals surface area contributed by atoms with E-state index in [1.165, 1.54) is 6.07 Å². The number of nitrogens with zero attached hydrogens (tertiary/aromatic N) is 1. The van der Waals surface area contributed by atoms with E-state index in [9.17, 15) is 26.4 Å². The van der Waals surface area contributed by atoms with Crippen LogP contribution >= 0.6 is 0 Å². The molecule has 23 heavy (non-hydrogen) atoms. The lowest BCUT2D eigenvalue weighted by molar-refractivity contribution is -0.137. The number of halogens is 3. The summed E-state index contributed by atoms with van der Waals surface area (Å²) in [6.07, 6.45) is -3.37. The summed E-state index contributed by atoms with van der Waals surface area (Å²) in [5, 5.41) is 6.82. The van der Waals surface area contributed by atoms with Gasteiger partial charge in [0.2, 0.25) is 0 Å². The van der Waals surface area contributed by atoms with Gasteiger partial charge < -0.3 is 5.32 Å². The number of carbonyl (C=O) groups is 1. The van der Waals surface area contributed by atoms with E-state index in [4.69, 9.17) is 5.14 Å². The number of amides is 1. The number of benzene rings is 1. The molecule has 0 unspecified atom stereocenters. The first kappa shape index (κ1) is 16.9. The normalized spacial score (nSPS) is 12.0. The predicted molar refractivity (Wildman–Crippen MR) is 75.0 cm³/mol. The molecule has 3 N–H and O–H groups in total. The average molecular weight is 345 g/mol. The second-order valence-electron chi connectivity index (χ2n) is 4.46. The fourth-order valence-electron chi connectivity index (χ4n) is 1.66. The molecule has 0 fully saturated rings. The SMILES string of the molecule is NS(=O)(=O)c1cc(NC(=O)c2ccc(C(F)(F)F)cc2)ccn1. The number of hydrogen-bond donors (Lipinski definition) is 2. The molecule has 0 atom stereocenters. The first-order valence-electron chi connectivity index (χ1n) is 6.05. The van der Waals surface area contributed by atoms with E-state index in [-0.39, 0.29) is 11.3 Å². The van der Waals surface area contributed by atoms with Gasteiger partial charge in [-0.3, -0.25) is 4.79 Å². The number of nitrogens with one attached hydrogen (secondary N) is 1. The van der Waals surface area contributed by atoms with Crippen LogP contribution in [0, 0.1) is 0 Å². The molecule has 0 saturated carbocycles. The van der Waals surface area contributed by atoms with Crippen LogP contribution in [0.2, 0.25) is 0 Å². The highest BCUT2D eigenvalue weighted by Crippen LogP contribution is 2.29. The van der Waals surface area contributed by atoms with Crippen LogP contribution in [0.15, 0.2) is 47.6 Å². The standard InChI is InChI=1S/C13H10F3N3O3S/c14-13(15,16)9-3-1-8(2-4-9)12(20)19-10-5-6-18-11(7-10)23(17,21)22/h1-7H,(H2,17,21,22)(H,18,19,20). The molecule has 1 aromatic heterocycles. The molecule has 0 aliphatic heterocycles. The zero-order chi connectivity index (χ0) is 17.3. The first-order chi connectivity index (χ1) is 10.6. The molecule has 6 nitrogen and oxygen atoms in total. The monoisotopic (exact) mass is 345 g/mol. The number of alkyl halides is 3. The summed E-state index contributed by atoms with van der Waals surface area (Å²) < 4.78 is 59.7. The van der Waals surface area contributed by atoms with Crippen molar-refractivity contribution in [3.63, 3.8) is 0 Å². The Morgan fingerprint density at radius 3 is 2.26 bits per heavy atom. The number of sulfonamides is 1. The Bertz CT molecular complexity index is 834. The van der Waals surface area contributed by atoms with Crippen molar-refractivity contribution in [3.8, 4) is 0 Å². The summed E-state index contributed by atoms with van der Waals surface area (Å²) in [4.78, 5) is 15.5. The molecule has 10 heteroatoms. The van der Waals surface area contributed by atoms with Crippen molar-refractivity contribution in [1.82, 2.24) is 4.98 Å². The predicted octanol–water partition coefficient (Wildman–Crippen LogP) is 2.00. The fraction of sp³-hybridized carbons (Fsp3) is 0.0769. The van der Waals surface area contributed by atoms with Crippen LogP contribution in [-0.2, 0) is 16.2 Å². The number of aromatic nitrogens is 1. The lowest BCUT2D eigenvalue weighted by Gasteiger charge is -2.08.